The molecule has 96 valence electrons. The summed E-state index contributed by atoms with van der Waals surface area (Å²) in [6.07, 6.45) is 1.72. The first-order chi connectivity index (χ1) is 9.81. The Morgan fingerprint density at radius 1 is 1.15 bits per heavy atom. The molecule has 2 heterocycles. The standard InChI is InChI=1S/C16H12N4/c1-18-12-6-7-19-15(9-12)13-8-11-4-2-3-5-14(11)20-16(13)10-17/h2-9H,1H3,(H,18,19). The molecule has 20 heavy (non-hydrogen) atoms. The monoisotopic (exact) mass is 260 g/mol. The fourth-order valence-electron chi connectivity index (χ4n) is 2.13. The number of benzene rings is 1. The van der Waals surface area contributed by atoms with E-state index in [0.717, 1.165) is 27.8 Å². The summed E-state index contributed by atoms with van der Waals surface area (Å²) in [6, 6.07) is 15.7. The van der Waals surface area contributed by atoms with Crippen LogP contribution in [0.15, 0.2) is 48.7 Å². The number of fused-ring (bicyclic) bond motifs is 1. The molecule has 0 atom stereocenters. The van der Waals surface area contributed by atoms with Gasteiger partial charge in [0.25, 0.3) is 0 Å². The highest BCUT2D eigenvalue weighted by molar-refractivity contribution is 5.85. The van der Waals surface area contributed by atoms with Crippen molar-refractivity contribution in [3.8, 4) is 17.3 Å². The minimum absolute atomic E-state index is 0.393. The van der Waals surface area contributed by atoms with Crippen molar-refractivity contribution in [2.45, 2.75) is 0 Å². The molecule has 4 nitrogen and oxygen atoms in total. The predicted molar refractivity (Wildman–Crippen MR) is 79.2 cm³/mol. The van der Waals surface area contributed by atoms with E-state index in [1.54, 1.807) is 6.20 Å². The van der Waals surface area contributed by atoms with Gasteiger partial charge in [-0.05, 0) is 24.3 Å². The third-order valence-electron chi connectivity index (χ3n) is 3.15. The van der Waals surface area contributed by atoms with Gasteiger partial charge in [0.05, 0.1) is 11.2 Å². The number of aromatic nitrogens is 2. The third-order valence-corrected chi connectivity index (χ3v) is 3.15. The van der Waals surface area contributed by atoms with E-state index in [4.69, 9.17) is 0 Å². The maximum atomic E-state index is 9.31. The van der Waals surface area contributed by atoms with E-state index in [1.807, 2.05) is 49.5 Å². The Kier molecular flexibility index (Phi) is 3.02. The van der Waals surface area contributed by atoms with Gasteiger partial charge in [0.1, 0.15) is 6.07 Å². The van der Waals surface area contributed by atoms with Gasteiger partial charge in [-0.25, -0.2) is 4.98 Å². The smallest absolute Gasteiger partial charge is 0.150 e. The van der Waals surface area contributed by atoms with E-state index in [2.05, 4.69) is 21.4 Å². The van der Waals surface area contributed by atoms with Gasteiger partial charge in [-0.3, -0.25) is 4.98 Å². The lowest BCUT2D eigenvalue weighted by Gasteiger charge is -2.07. The van der Waals surface area contributed by atoms with Gasteiger partial charge in [0.15, 0.2) is 5.69 Å². The summed E-state index contributed by atoms with van der Waals surface area (Å²) in [5, 5.41) is 13.4. The van der Waals surface area contributed by atoms with Crippen LogP contribution < -0.4 is 5.32 Å². The highest BCUT2D eigenvalue weighted by Crippen LogP contribution is 2.26. The summed E-state index contributed by atoms with van der Waals surface area (Å²) in [4.78, 5) is 8.75. The first kappa shape index (κ1) is 12.1. The van der Waals surface area contributed by atoms with E-state index >= 15 is 0 Å². The Morgan fingerprint density at radius 3 is 2.80 bits per heavy atom. The summed E-state index contributed by atoms with van der Waals surface area (Å²) in [7, 11) is 1.85. The predicted octanol–water partition coefficient (Wildman–Crippen LogP) is 3.21. The molecule has 0 aliphatic rings. The van der Waals surface area contributed by atoms with Crippen molar-refractivity contribution in [1.82, 2.24) is 9.97 Å². The lowest BCUT2D eigenvalue weighted by molar-refractivity contribution is 1.27. The number of nitriles is 1. The Balaban J connectivity index is 2.26. The van der Waals surface area contributed by atoms with Crippen LogP contribution in [-0.4, -0.2) is 17.0 Å². The van der Waals surface area contributed by atoms with Crippen molar-refractivity contribution in [3.05, 3.63) is 54.4 Å². The summed E-state index contributed by atoms with van der Waals surface area (Å²) >= 11 is 0. The SMILES string of the molecule is CNc1ccnc(-c2cc3ccccc3nc2C#N)c1. The fourth-order valence-corrected chi connectivity index (χ4v) is 2.13. The Morgan fingerprint density at radius 2 is 2.00 bits per heavy atom. The van der Waals surface area contributed by atoms with Crippen LogP contribution in [0.4, 0.5) is 5.69 Å². The van der Waals surface area contributed by atoms with Crippen LogP contribution in [-0.2, 0) is 0 Å². The summed E-state index contributed by atoms with van der Waals surface area (Å²) in [6.45, 7) is 0. The summed E-state index contributed by atoms with van der Waals surface area (Å²) in [5.74, 6) is 0. The second-order valence-corrected chi connectivity index (χ2v) is 4.37. The van der Waals surface area contributed by atoms with Crippen molar-refractivity contribution >= 4 is 16.6 Å². The normalized spacial score (nSPS) is 10.2. The van der Waals surface area contributed by atoms with E-state index in [-0.39, 0.29) is 0 Å². The van der Waals surface area contributed by atoms with Crippen LogP contribution in [0.2, 0.25) is 0 Å². The minimum atomic E-state index is 0.393. The molecular weight excluding hydrogens is 248 g/mol. The molecule has 0 radical (unpaired) electrons. The van der Waals surface area contributed by atoms with Crippen molar-refractivity contribution in [1.29, 1.82) is 5.26 Å². The molecule has 0 spiro atoms. The van der Waals surface area contributed by atoms with Gasteiger partial charge >= 0.3 is 0 Å². The van der Waals surface area contributed by atoms with E-state index in [9.17, 15) is 5.26 Å². The third kappa shape index (κ3) is 2.06. The van der Waals surface area contributed by atoms with Gasteiger partial charge in [-0.15, -0.1) is 0 Å². The molecule has 0 saturated heterocycles. The molecular formula is C16H12N4. The topological polar surface area (TPSA) is 61.6 Å². The van der Waals surface area contributed by atoms with E-state index in [1.165, 1.54) is 0 Å². The fraction of sp³-hybridized carbons (Fsp3) is 0.0625. The molecule has 1 aromatic carbocycles. The number of nitrogens with zero attached hydrogens (tertiary/aromatic N) is 3. The number of anilines is 1. The Labute approximate surface area is 116 Å². The second-order valence-electron chi connectivity index (χ2n) is 4.37. The number of hydrogen-bond donors (Lipinski definition) is 1. The second kappa shape index (κ2) is 4.98. The molecule has 0 fully saturated rings. The van der Waals surface area contributed by atoms with Crippen molar-refractivity contribution in [2.24, 2.45) is 0 Å². The van der Waals surface area contributed by atoms with Crippen LogP contribution >= 0.6 is 0 Å². The quantitative estimate of drug-likeness (QED) is 0.768. The maximum absolute atomic E-state index is 9.31. The average Bonchev–Trinajstić information content (AvgIpc) is 2.53. The van der Waals surface area contributed by atoms with Crippen LogP contribution in [0.3, 0.4) is 0 Å². The van der Waals surface area contributed by atoms with Crippen LogP contribution in [0.25, 0.3) is 22.2 Å². The first-order valence-corrected chi connectivity index (χ1v) is 6.26. The lowest BCUT2D eigenvalue weighted by Crippen LogP contribution is -1.94. The highest BCUT2D eigenvalue weighted by Gasteiger charge is 2.10. The number of para-hydroxylation sites is 1. The molecule has 0 aliphatic carbocycles. The van der Waals surface area contributed by atoms with Crippen LogP contribution in [0, 0.1) is 11.3 Å². The zero-order chi connectivity index (χ0) is 13.9. The summed E-state index contributed by atoms with van der Waals surface area (Å²) < 4.78 is 0. The van der Waals surface area contributed by atoms with Crippen LogP contribution in [0.1, 0.15) is 5.69 Å². The molecule has 0 unspecified atom stereocenters. The molecule has 3 aromatic rings. The average molecular weight is 260 g/mol. The lowest BCUT2D eigenvalue weighted by atomic mass is 10.1. The number of pyridine rings is 2. The molecule has 4 heteroatoms. The van der Waals surface area contributed by atoms with Crippen molar-refractivity contribution in [3.63, 3.8) is 0 Å². The Bertz CT molecular complexity index is 818. The Hall–Kier alpha value is -2.93. The summed E-state index contributed by atoms with van der Waals surface area (Å²) in [5.41, 5.74) is 3.66. The zero-order valence-electron chi connectivity index (χ0n) is 11.0. The van der Waals surface area contributed by atoms with E-state index < -0.39 is 0 Å². The molecule has 0 saturated carbocycles. The zero-order valence-corrected chi connectivity index (χ0v) is 11.0. The van der Waals surface area contributed by atoms with Gasteiger partial charge in [-0.2, -0.15) is 5.26 Å². The molecule has 3 rings (SSSR count). The molecule has 2 aromatic heterocycles. The molecule has 1 N–H and O–H groups in total. The van der Waals surface area contributed by atoms with E-state index in [0.29, 0.717) is 5.69 Å². The molecule has 0 aliphatic heterocycles. The van der Waals surface area contributed by atoms with Gasteiger partial charge < -0.3 is 5.32 Å². The van der Waals surface area contributed by atoms with Gasteiger partial charge in [0, 0.05) is 29.9 Å². The van der Waals surface area contributed by atoms with Crippen LogP contribution in [0.5, 0.6) is 0 Å². The molecule has 0 bridgehead atoms. The minimum Gasteiger partial charge on any atom is -0.388 e. The van der Waals surface area contributed by atoms with Gasteiger partial charge in [-0.1, -0.05) is 18.2 Å². The maximum Gasteiger partial charge on any atom is 0.150 e. The molecule has 0 amide bonds. The highest BCUT2D eigenvalue weighted by atomic mass is 14.8. The first-order valence-electron chi connectivity index (χ1n) is 6.26. The van der Waals surface area contributed by atoms with Crippen molar-refractivity contribution < 1.29 is 0 Å². The number of rotatable bonds is 2. The van der Waals surface area contributed by atoms with Gasteiger partial charge in [0.2, 0.25) is 0 Å². The largest absolute Gasteiger partial charge is 0.388 e. The number of nitrogens with one attached hydrogen (secondary N) is 1. The number of hydrogen-bond acceptors (Lipinski definition) is 4. The van der Waals surface area contributed by atoms with Crippen molar-refractivity contribution in [2.75, 3.05) is 12.4 Å².